The summed E-state index contributed by atoms with van der Waals surface area (Å²) in [6.45, 7) is 0. The summed E-state index contributed by atoms with van der Waals surface area (Å²) in [6, 6.07) is 13.6. The van der Waals surface area contributed by atoms with Gasteiger partial charge in [-0.3, -0.25) is 9.38 Å². The van der Waals surface area contributed by atoms with Gasteiger partial charge in [0.25, 0.3) is 0 Å². The molecule has 1 aromatic carbocycles. The average molecular weight is 293 g/mol. The summed E-state index contributed by atoms with van der Waals surface area (Å²) in [5.41, 5.74) is 8.31. The molecule has 3 aromatic heterocycles. The van der Waals surface area contributed by atoms with Crippen LogP contribution in [0, 0.1) is 0 Å². The Hall–Kier alpha value is -2.60. The van der Waals surface area contributed by atoms with Gasteiger partial charge in [-0.1, -0.05) is 12.1 Å². The van der Waals surface area contributed by atoms with Gasteiger partial charge in [0.2, 0.25) is 0 Å². The van der Waals surface area contributed by atoms with Crippen LogP contribution in [0.3, 0.4) is 0 Å². The molecule has 0 fully saturated rings. The molecule has 4 rings (SSSR count). The van der Waals surface area contributed by atoms with E-state index in [1.54, 1.807) is 18.0 Å². The number of rotatable bonds is 2. The third-order valence-electron chi connectivity index (χ3n) is 3.24. The highest BCUT2D eigenvalue weighted by Gasteiger charge is 2.10. The van der Waals surface area contributed by atoms with E-state index in [1.165, 1.54) is 0 Å². The van der Waals surface area contributed by atoms with Crippen LogP contribution in [0.4, 0.5) is 5.69 Å². The van der Waals surface area contributed by atoms with Crippen LogP contribution in [0.25, 0.3) is 16.6 Å². The molecule has 5 nitrogen and oxygen atoms in total. The van der Waals surface area contributed by atoms with Crippen LogP contribution in [0.15, 0.2) is 64.9 Å². The smallest absolute Gasteiger partial charge is 0.200 e. The summed E-state index contributed by atoms with van der Waals surface area (Å²) in [6.07, 6.45) is 3.70. The van der Waals surface area contributed by atoms with Gasteiger partial charge in [-0.15, -0.1) is 10.2 Å². The zero-order valence-corrected chi connectivity index (χ0v) is 11.8. The molecule has 6 heteroatoms. The first kappa shape index (κ1) is 12.2. The van der Waals surface area contributed by atoms with Gasteiger partial charge < -0.3 is 5.73 Å². The van der Waals surface area contributed by atoms with Gasteiger partial charge in [0.05, 0.1) is 11.2 Å². The Morgan fingerprint density at radius 1 is 1.00 bits per heavy atom. The zero-order chi connectivity index (χ0) is 14.2. The number of pyridine rings is 2. The van der Waals surface area contributed by atoms with E-state index in [2.05, 4.69) is 15.2 Å². The molecular formula is C15H11N5S. The highest BCUT2D eigenvalue weighted by atomic mass is 32.2. The lowest BCUT2D eigenvalue weighted by Crippen LogP contribution is -1.91. The van der Waals surface area contributed by atoms with Gasteiger partial charge in [0, 0.05) is 22.7 Å². The maximum Gasteiger partial charge on any atom is 0.200 e. The minimum Gasteiger partial charge on any atom is -0.397 e. The number of aromatic nitrogens is 4. The Bertz CT molecular complexity index is 947. The summed E-state index contributed by atoms with van der Waals surface area (Å²) >= 11 is 1.56. The normalized spacial score (nSPS) is 11.2. The van der Waals surface area contributed by atoms with E-state index in [9.17, 15) is 0 Å². The number of nitrogen functional groups attached to an aromatic ring is 1. The molecule has 0 unspecified atom stereocenters. The number of hydrogen-bond donors (Lipinski definition) is 1. The molecule has 0 aliphatic heterocycles. The van der Waals surface area contributed by atoms with Gasteiger partial charge in [-0.05, 0) is 42.1 Å². The second-order valence-electron chi connectivity index (χ2n) is 4.57. The van der Waals surface area contributed by atoms with Gasteiger partial charge in [-0.25, -0.2) is 0 Å². The van der Waals surface area contributed by atoms with Crippen LogP contribution >= 0.6 is 11.8 Å². The van der Waals surface area contributed by atoms with Crippen molar-refractivity contribution < 1.29 is 0 Å². The van der Waals surface area contributed by atoms with E-state index < -0.39 is 0 Å². The fourth-order valence-corrected chi connectivity index (χ4v) is 3.19. The van der Waals surface area contributed by atoms with Gasteiger partial charge in [0.1, 0.15) is 0 Å². The topological polar surface area (TPSA) is 69.1 Å². The van der Waals surface area contributed by atoms with Crippen molar-refractivity contribution in [2.45, 2.75) is 10.1 Å². The zero-order valence-electron chi connectivity index (χ0n) is 11.0. The van der Waals surface area contributed by atoms with Crippen molar-refractivity contribution in [3.63, 3.8) is 0 Å². The van der Waals surface area contributed by atoms with Crippen molar-refractivity contribution in [1.82, 2.24) is 19.6 Å². The second-order valence-corrected chi connectivity index (χ2v) is 5.58. The van der Waals surface area contributed by atoms with Crippen LogP contribution in [-0.2, 0) is 0 Å². The van der Waals surface area contributed by atoms with E-state index in [4.69, 9.17) is 5.73 Å². The highest BCUT2D eigenvalue weighted by Crippen LogP contribution is 2.34. The van der Waals surface area contributed by atoms with Crippen molar-refractivity contribution in [3.8, 4) is 0 Å². The molecule has 0 aliphatic rings. The quantitative estimate of drug-likeness (QED) is 0.575. The molecule has 0 saturated heterocycles. The monoisotopic (exact) mass is 293 g/mol. The first-order chi connectivity index (χ1) is 10.3. The second kappa shape index (κ2) is 4.75. The Balaban J connectivity index is 1.86. The summed E-state index contributed by atoms with van der Waals surface area (Å²) in [4.78, 5) is 5.41. The maximum absolute atomic E-state index is 5.98. The number of benzene rings is 1. The molecule has 0 bridgehead atoms. The SMILES string of the molecule is Nc1ccc(Sc2nnc3ccccn23)c2cccnc12. The predicted octanol–water partition coefficient (Wildman–Crippen LogP) is 3.01. The Morgan fingerprint density at radius 3 is 2.90 bits per heavy atom. The predicted molar refractivity (Wildman–Crippen MR) is 83.3 cm³/mol. The first-order valence-electron chi connectivity index (χ1n) is 6.44. The Kier molecular flexibility index (Phi) is 2.75. The molecule has 0 atom stereocenters. The van der Waals surface area contributed by atoms with E-state index in [-0.39, 0.29) is 0 Å². The van der Waals surface area contributed by atoms with Crippen LogP contribution in [0.5, 0.6) is 0 Å². The molecule has 0 aliphatic carbocycles. The summed E-state index contributed by atoms with van der Waals surface area (Å²) in [5.74, 6) is 0. The molecular weight excluding hydrogens is 282 g/mol. The average Bonchev–Trinajstić information content (AvgIpc) is 2.94. The standard InChI is InChI=1S/C15H11N5S/c16-11-6-7-12(10-4-3-8-17-14(10)11)21-15-19-18-13-5-1-2-9-20(13)15/h1-9H,16H2. The number of anilines is 1. The largest absolute Gasteiger partial charge is 0.397 e. The van der Waals surface area contributed by atoms with E-state index in [0.717, 1.165) is 26.6 Å². The fraction of sp³-hybridized carbons (Fsp3) is 0. The summed E-state index contributed by atoms with van der Waals surface area (Å²) in [5, 5.41) is 10.3. The van der Waals surface area contributed by atoms with Gasteiger partial charge in [-0.2, -0.15) is 0 Å². The molecule has 0 spiro atoms. The molecule has 102 valence electrons. The van der Waals surface area contributed by atoms with Crippen molar-refractivity contribution >= 4 is 34.0 Å². The lowest BCUT2D eigenvalue weighted by molar-refractivity contribution is 0.922. The third kappa shape index (κ3) is 2.00. The molecule has 21 heavy (non-hydrogen) atoms. The lowest BCUT2D eigenvalue weighted by atomic mass is 10.2. The van der Waals surface area contributed by atoms with Crippen LogP contribution in [0.2, 0.25) is 0 Å². The van der Waals surface area contributed by atoms with E-state index in [0.29, 0.717) is 5.69 Å². The minimum atomic E-state index is 0.682. The van der Waals surface area contributed by atoms with Crippen LogP contribution in [0.1, 0.15) is 0 Å². The molecule has 0 radical (unpaired) electrons. The highest BCUT2D eigenvalue weighted by molar-refractivity contribution is 7.99. The van der Waals surface area contributed by atoms with Crippen molar-refractivity contribution in [3.05, 3.63) is 54.9 Å². The first-order valence-corrected chi connectivity index (χ1v) is 7.25. The Morgan fingerprint density at radius 2 is 1.95 bits per heavy atom. The summed E-state index contributed by atoms with van der Waals surface area (Å²) < 4.78 is 1.96. The molecule has 2 N–H and O–H groups in total. The fourth-order valence-electron chi connectivity index (χ4n) is 2.24. The minimum absolute atomic E-state index is 0.682. The molecule has 4 aromatic rings. The molecule has 0 amide bonds. The number of hydrogen-bond acceptors (Lipinski definition) is 5. The van der Waals surface area contributed by atoms with E-state index in [1.807, 2.05) is 53.1 Å². The van der Waals surface area contributed by atoms with Gasteiger partial charge >= 0.3 is 0 Å². The molecule has 3 heterocycles. The summed E-state index contributed by atoms with van der Waals surface area (Å²) in [7, 11) is 0. The number of nitrogens with zero attached hydrogens (tertiary/aromatic N) is 4. The van der Waals surface area contributed by atoms with E-state index >= 15 is 0 Å². The van der Waals surface area contributed by atoms with Crippen LogP contribution < -0.4 is 5.73 Å². The van der Waals surface area contributed by atoms with Gasteiger partial charge in [0.15, 0.2) is 10.8 Å². The van der Waals surface area contributed by atoms with Crippen molar-refractivity contribution in [1.29, 1.82) is 0 Å². The van der Waals surface area contributed by atoms with Crippen LogP contribution in [-0.4, -0.2) is 19.6 Å². The van der Waals surface area contributed by atoms with Crippen molar-refractivity contribution in [2.24, 2.45) is 0 Å². The van der Waals surface area contributed by atoms with Crippen molar-refractivity contribution in [2.75, 3.05) is 5.73 Å². The maximum atomic E-state index is 5.98. The lowest BCUT2D eigenvalue weighted by Gasteiger charge is -2.06. The number of nitrogens with two attached hydrogens (primary N) is 1. The third-order valence-corrected chi connectivity index (χ3v) is 4.28. The number of fused-ring (bicyclic) bond motifs is 2. The molecule has 0 saturated carbocycles. The Labute approximate surface area is 124 Å².